The summed E-state index contributed by atoms with van der Waals surface area (Å²) in [5, 5.41) is 0.0707. The van der Waals surface area contributed by atoms with Crippen LogP contribution < -0.4 is 15.2 Å². The van der Waals surface area contributed by atoms with E-state index < -0.39 is 15.8 Å². The summed E-state index contributed by atoms with van der Waals surface area (Å²) in [5.41, 5.74) is 6.79. The Morgan fingerprint density at radius 1 is 1.09 bits per heavy atom. The molecular formula is C23H16ClFN6O3S. The van der Waals surface area contributed by atoms with Crippen LogP contribution in [0.2, 0.25) is 5.02 Å². The molecule has 4 rings (SSSR count). The standard InChI is InChI=1S/C23H16ClFN6O3S/c1-34-22-19(10-17(24)13-28-22)35(32,33)31-18-6-2-4-14(20(18)25)7-8-16-12-29-23(26)30-21(16)15-5-3-9-27-11-15/h2-6,9-13,31H,1H3,(H2,26,29,30). The number of halogens is 2. The smallest absolute Gasteiger partial charge is 0.267 e. The van der Waals surface area contributed by atoms with Gasteiger partial charge in [-0.1, -0.05) is 29.5 Å². The summed E-state index contributed by atoms with van der Waals surface area (Å²) in [6, 6.07) is 8.77. The second-order valence-electron chi connectivity index (χ2n) is 6.92. The highest BCUT2D eigenvalue weighted by Gasteiger charge is 2.23. The van der Waals surface area contributed by atoms with Crippen molar-refractivity contribution < 1.29 is 17.5 Å². The van der Waals surface area contributed by atoms with Crippen molar-refractivity contribution in [1.29, 1.82) is 0 Å². The molecule has 9 nitrogen and oxygen atoms in total. The van der Waals surface area contributed by atoms with E-state index in [-0.39, 0.29) is 33.0 Å². The number of nitrogens with one attached hydrogen (secondary N) is 1. The number of methoxy groups -OCH3 is 1. The summed E-state index contributed by atoms with van der Waals surface area (Å²) in [7, 11) is -3.03. The molecule has 35 heavy (non-hydrogen) atoms. The molecule has 0 radical (unpaired) electrons. The summed E-state index contributed by atoms with van der Waals surface area (Å²) in [6.07, 6.45) is 5.84. The first-order valence-corrected chi connectivity index (χ1v) is 11.7. The van der Waals surface area contributed by atoms with Gasteiger partial charge in [0.05, 0.1) is 34.6 Å². The Morgan fingerprint density at radius 2 is 1.89 bits per heavy atom. The average Bonchev–Trinajstić information content (AvgIpc) is 2.85. The van der Waals surface area contributed by atoms with Gasteiger partial charge in [0.2, 0.25) is 11.8 Å². The van der Waals surface area contributed by atoms with Crippen LogP contribution in [0.15, 0.2) is 66.1 Å². The van der Waals surface area contributed by atoms with Crippen LogP contribution in [0, 0.1) is 17.7 Å². The Labute approximate surface area is 205 Å². The first-order valence-electron chi connectivity index (χ1n) is 9.84. The number of rotatable bonds is 5. The summed E-state index contributed by atoms with van der Waals surface area (Å²) >= 11 is 5.88. The SMILES string of the molecule is COc1ncc(Cl)cc1S(=O)(=O)Nc1cccc(C#Cc2cnc(N)nc2-c2cccnc2)c1F. The minimum Gasteiger partial charge on any atom is -0.480 e. The molecule has 0 aliphatic heterocycles. The third-order valence-electron chi connectivity index (χ3n) is 4.59. The fourth-order valence-electron chi connectivity index (χ4n) is 3.01. The molecule has 1 aromatic carbocycles. The zero-order valence-corrected chi connectivity index (χ0v) is 19.6. The first-order chi connectivity index (χ1) is 16.8. The van der Waals surface area contributed by atoms with Gasteiger partial charge in [0, 0.05) is 30.4 Å². The van der Waals surface area contributed by atoms with Crippen LogP contribution in [0.3, 0.4) is 0 Å². The fraction of sp³-hybridized carbons (Fsp3) is 0.0435. The van der Waals surface area contributed by atoms with Gasteiger partial charge >= 0.3 is 0 Å². The zero-order valence-electron chi connectivity index (χ0n) is 18.0. The molecule has 3 N–H and O–H groups in total. The molecule has 0 atom stereocenters. The first kappa shape index (κ1) is 23.9. The van der Waals surface area contributed by atoms with Crippen molar-refractivity contribution >= 4 is 33.3 Å². The van der Waals surface area contributed by atoms with Gasteiger partial charge in [-0.2, -0.15) is 0 Å². The zero-order chi connectivity index (χ0) is 25.0. The molecule has 4 aromatic rings. The lowest BCUT2D eigenvalue weighted by atomic mass is 10.1. The lowest BCUT2D eigenvalue weighted by Gasteiger charge is -2.12. The number of benzene rings is 1. The molecule has 3 aromatic heterocycles. The van der Waals surface area contributed by atoms with E-state index in [9.17, 15) is 8.42 Å². The average molecular weight is 511 g/mol. The van der Waals surface area contributed by atoms with Gasteiger partial charge in [-0.3, -0.25) is 9.71 Å². The molecule has 12 heteroatoms. The maximum atomic E-state index is 15.2. The Hall–Kier alpha value is -4.27. The van der Waals surface area contributed by atoms with Crippen molar-refractivity contribution in [3.05, 3.63) is 83.2 Å². The number of nitrogens with two attached hydrogens (primary N) is 1. The minimum atomic E-state index is -4.28. The number of hydrogen-bond donors (Lipinski definition) is 2. The number of pyridine rings is 2. The highest BCUT2D eigenvalue weighted by molar-refractivity contribution is 7.92. The van der Waals surface area contributed by atoms with Crippen molar-refractivity contribution in [2.24, 2.45) is 0 Å². The predicted octanol–water partition coefficient (Wildman–Crippen LogP) is 3.52. The number of nitrogens with zero attached hydrogens (tertiary/aromatic N) is 4. The Balaban J connectivity index is 1.70. The van der Waals surface area contributed by atoms with Crippen molar-refractivity contribution in [3.63, 3.8) is 0 Å². The number of ether oxygens (including phenoxy) is 1. The second-order valence-corrected chi connectivity index (χ2v) is 9.00. The lowest BCUT2D eigenvalue weighted by molar-refractivity contribution is 0.385. The van der Waals surface area contributed by atoms with Crippen LogP contribution in [0.1, 0.15) is 11.1 Å². The van der Waals surface area contributed by atoms with Gasteiger partial charge < -0.3 is 10.5 Å². The quantitative estimate of drug-likeness (QED) is 0.390. The summed E-state index contributed by atoms with van der Waals surface area (Å²) in [6.45, 7) is 0. The van der Waals surface area contributed by atoms with E-state index >= 15 is 4.39 Å². The van der Waals surface area contributed by atoms with E-state index in [1.54, 1.807) is 24.5 Å². The van der Waals surface area contributed by atoms with Crippen LogP contribution >= 0.6 is 11.6 Å². The highest BCUT2D eigenvalue weighted by atomic mass is 35.5. The molecule has 0 aliphatic carbocycles. The van der Waals surface area contributed by atoms with Gasteiger partial charge in [0.1, 0.15) is 0 Å². The van der Waals surface area contributed by atoms with E-state index in [0.29, 0.717) is 16.8 Å². The molecule has 176 valence electrons. The summed E-state index contributed by atoms with van der Waals surface area (Å²) in [5.74, 6) is 4.49. The van der Waals surface area contributed by atoms with Gasteiger partial charge in [-0.25, -0.2) is 27.8 Å². The minimum absolute atomic E-state index is 0.0444. The van der Waals surface area contributed by atoms with E-state index in [2.05, 4.69) is 36.5 Å². The molecule has 0 unspecified atom stereocenters. The molecular weight excluding hydrogens is 495 g/mol. The lowest BCUT2D eigenvalue weighted by Crippen LogP contribution is -2.16. The topological polar surface area (TPSA) is 133 Å². The Kier molecular flexibility index (Phi) is 6.77. The van der Waals surface area contributed by atoms with Crippen molar-refractivity contribution in [1.82, 2.24) is 19.9 Å². The van der Waals surface area contributed by atoms with E-state index in [1.165, 1.54) is 37.7 Å². The fourth-order valence-corrected chi connectivity index (χ4v) is 4.43. The third kappa shape index (κ3) is 5.29. The number of sulfonamides is 1. The van der Waals surface area contributed by atoms with E-state index in [1.807, 2.05) is 0 Å². The van der Waals surface area contributed by atoms with Crippen LogP contribution in [-0.2, 0) is 10.0 Å². The van der Waals surface area contributed by atoms with Crippen molar-refractivity contribution in [2.45, 2.75) is 4.90 Å². The van der Waals surface area contributed by atoms with Gasteiger partial charge in [-0.15, -0.1) is 0 Å². The largest absolute Gasteiger partial charge is 0.480 e. The van der Waals surface area contributed by atoms with Crippen LogP contribution in [0.4, 0.5) is 16.0 Å². The molecule has 0 spiro atoms. The number of hydrogen-bond acceptors (Lipinski definition) is 8. The van der Waals surface area contributed by atoms with Crippen LogP contribution in [0.5, 0.6) is 5.88 Å². The molecule has 3 heterocycles. The maximum Gasteiger partial charge on any atom is 0.267 e. The number of nitrogen functional groups attached to an aromatic ring is 1. The molecule has 0 fully saturated rings. The predicted molar refractivity (Wildman–Crippen MR) is 129 cm³/mol. The molecule has 0 saturated carbocycles. The monoisotopic (exact) mass is 510 g/mol. The third-order valence-corrected chi connectivity index (χ3v) is 6.15. The van der Waals surface area contributed by atoms with E-state index in [0.717, 1.165) is 6.07 Å². The molecule has 0 amide bonds. The van der Waals surface area contributed by atoms with Gasteiger partial charge in [-0.05, 0) is 30.3 Å². The van der Waals surface area contributed by atoms with Gasteiger partial charge in [0.15, 0.2) is 10.7 Å². The number of anilines is 2. The van der Waals surface area contributed by atoms with Crippen molar-refractivity contribution in [3.8, 4) is 29.0 Å². The van der Waals surface area contributed by atoms with E-state index in [4.69, 9.17) is 22.1 Å². The van der Waals surface area contributed by atoms with Crippen LogP contribution in [-0.4, -0.2) is 35.5 Å². The molecule has 0 saturated heterocycles. The highest BCUT2D eigenvalue weighted by Crippen LogP contribution is 2.28. The summed E-state index contributed by atoms with van der Waals surface area (Å²) < 4.78 is 48.2. The van der Waals surface area contributed by atoms with Crippen LogP contribution in [0.25, 0.3) is 11.3 Å². The Morgan fingerprint density at radius 3 is 2.63 bits per heavy atom. The molecule has 0 bridgehead atoms. The molecule has 0 aliphatic rings. The maximum absolute atomic E-state index is 15.2. The second kappa shape index (κ2) is 9.92. The Bertz CT molecular complexity index is 1570. The summed E-state index contributed by atoms with van der Waals surface area (Å²) in [4.78, 5) is 15.7. The normalized spacial score (nSPS) is 10.8. The van der Waals surface area contributed by atoms with Gasteiger partial charge in [0.25, 0.3) is 10.0 Å². The number of aromatic nitrogens is 4. The van der Waals surface area contributed by atoms with Crippen molar-refractivity contribution in [2.75, 3.05) is 17.6 Å².